The van der Waals surface area contributed by atoms with E-state index in [1.54, 1.807) is 42.5 Å². The number of carbonyl (C=O) groups excluding carboxylic acids is 2. The number of fused-ring (bicyclic) bond motifs is 1. The largest absolute Gasteiger partial charge is 0.322 e. The van der Waals surface area contributed by atoms with Gasteiger partial charge in [0, 0.05) is 12.1 Å². The number of benzene rings is 2. The molecule has 0 saturated heterocycles. The SMILES string of the molecule is NC(CN1C(=O)c2ccccc2C1=O)c1ccccc1F. The van der Waals surface area contributed by atoms with Gasteiger partial charge < -0.3 is 5.73 Å². The quantitative estimate of drug-likeness (QED) is 0.878. The van der Waals surface area contributed by atoms with Crippen molar-refractivity contribution in [1.29, 1.82) is 0 Å². The summed E-state index contributed by atoms with van der Waals surface area (Å²) in [7, 11) is 0. The number of carbonyl (C=O) groups is 2. The summed E-state index contributed by atoms with van der Waals surface area (Å²) in [5, 5.41) is 0. The van der Waals surface area contributed by atoms with Crippen LogP contribution in [0.25, 0.3) is 0 Å². The third kappa shape index (κ3) is 2.21. The van der Waals surface area contributed by atoms with E-state index in [0.29, 0.717) is 11.1 Å². The van der Waals surface area contributed by atoms with Crippen molar-refractivity contribution in [3.05, 3.63) is 71.0 Å². The highest BCUT2D eigenvalue weighted by molar-refractivity contribution is 6.21. The van der Waals surface area contributed by atoms with E-state index >= 15 is 0 Å². The zero-order valence-corrected chi connectivity index (χ0v) is 11.1. The van der Waals surface area contributed by atoms with Gasteiger partial charge >= 0.3 is 0 Å². The number of amides is 2. The first-order valence-electron chi connectivity index (χ1n) is 6.55. The number of imide groups is 1. The molecule has 0 aliphatic carbocycles. The van der Waals surface area contributed by atoms with Gasteiger partial charge in [0.1, 0.15) is 5.82 Å². The minimum absolute atomic E-state index is 0.0483. The Morgan fingerprint density at radius 3 is 2.05 bits per heavy atom. The predicted molar refractivity (Wildman–Crippen MR) is 75.1 cm³/mol. The number of nitrogens with zero attached hydrogens (tertiary/aromatic N) is 1. The smallest absolute Gasteiger partial charge is 0.261 e. The van der Waals surface area contributed by atoms with Crippen LogP contribution in [-0.4, -0.2) is 23.3 Å². The molecule has 0 aromatic heterocycles. The number of nitrogens with two attached hydrogens (primary N) is 1. The highest BCUT2D eigenvalue weighted by atomic mass is 19.1. The summed E-state index contributed by atoms with van der Waals surface area (Å²) >= 11 is 0. The molecule has 106 valence electrons. The minimum Gasteiger partial charge on any atom is -0.322 e. The lowest BCUT2D eigenvalue weighted by molar-refractivity contribution is 0.0644. The van der Waals surface area contributed by atoms with Gasteiger partial charge in [-0.05, 0) is 18.2 Å². The van der Waals surface area contributed by atoms with Crippen molar-refractivity contribution in [3.63, 3.8) is 0 Å². The van der Waals surface area contributed by atoms with Crippen LogP contribution in [0.1, 0.15) is 32.3 Å². The van der Waals surface area contributed by atoms with Gasteiger partial charge in [0.05, 0.1) is 17.2 Å². The van der Waals surface area contributed by atoms with E-state index in [4.69, 9.17) is 5.73 Å². The molecular weight excluding hydrogens is 271 g/mol. The lowest BCUT2D eigenvalue weighted by Crippen LogP contribution is -2.36. The summed E-state index contributed by atoms with van der Waals surface area (Å²) in [5.41, 5.74) is 6.96. The van der Waals surface area contributed by atoms with Gasteiger partial charge in [-0.1, -0.05) is 30.3 Å². The Kier molecular flexibility index (Phi) is 3.27. The molecule has 1 unspecified atom stereocenters. The fourth-order valence-corrected chi connectivity index (χ4v) is 2.48. The second-order valence-corrected chi connectivity index (χ2v) is 4.89. The molecule has 0 bridgehead atoms. The van der Waals surface area contributed by atoms with Crippen LogP contribution in [0.4, 0.5) is 4.39 Å². The molecule has 2 amide bonds. The summed E-state index contributed by atoms with van der Waals surface area (Å²) < 4.78 is 13.7. The maximum absolute atomic E-state index is 13.7. The van der Waals surface area contributed by atoms with Crippen molar-refractivity contribution in [2.45, 2.75) is 6.04 Å². The Labute approximate surface area is 121 Å². The molecule has 0 saturated carbocycles. The second-order valence-electron chi connectivity index (χ2n) is 4.89. The Morgan fingerprint density at radius 2 is 1.48 bits per heavy atom. The van der Waals surface area contributed by atoms with E-state index in [1.807, 2.05) is 0 Å². The van der Waals surface area contributed by atoms with Gasteiger partial charge in [-0.15, -0.1) is 0 Å². The number of hydrogen-bond acceptors (Lipinski definition) is 3. The topological polar surface area (TPSA) is 63.4 Å². The number of halogens is 1. The normalized spacial score (nSPS) is 15.2. The molecule has 1 aliphatic rings. The van der Waals surface area contributed by atoms with Crippen LogP contribution in [0.2, 0.25) is 0 Å². The Balaban J connectivity index is 1.86. The van der Waals surface area contributed by atoms with Crippen molar-refractivity contribution >= 4 is 11.8 Å². The van der Waals surface area contributed by atoms with Crippen molar-refractivity contribution in [2.75, 3.05) is 6.54 Å². The van der Waals surface area contributed by atoms with Crippen LogP contribution in [0.5, 0.6) is 0 Å². The molecule has 1 heterocycles. The fourth-order valence-electron chi connectivity index (χ4n) is 2.48. The molecule has 4 nitrogen and oxygen atoms in total. The number of hydrogen-bond donors (Lipinski definition) is 1. The molecular formula is C16H13FN2O2. The van der Waals surface area contributed by atoms with Crippen molar-refractivity contribution in [3.8, 4) is 0 Å². The molecule has 2 aromatic carbocycles. The first-order valence-corrected chi connectivity index (χ1v) is 6.55. The maximum atomic E-state index is 13.7. The summed E-state index contributed by atoms with van der Waals surface area (Å²) in [4.78, 5) is 25.5. The molecule has 5 heteroatoms. The Morgan fingerprint density at radius 1 is 0.952 bits per heavy atom. The van der Waals surface area contributed by atoms with Crippen LogP contribution < -0.4 is 5.73 Å². The summed E-state index contributed by atoms with van der Waals surface area (Å²) in [6.45, 7) is -0.0483. The minimum atomic E-state index is -0.756. The van der Waals surface area contributed by atoms with E-state index in [0.717, 1.165) is 4.90 Å². The van der Waals surface area contributed by atoms with E-state index in [-0.39, 0.29) is 23.9 Å². The van der Waals surface area contributed by atoms with Gasteiger partial charge in [-0.25, -0.2) is 4.39 Å². The zero-order valence-electron chi connectivity index (χ0n) is 11.1. The third-order valence-corrected chi connectivity index (χ3v) is 3.56. The van der Waals surface area contributed by atoms with Crippen LogP contribution in [0.3, 0.4) is 0 Å². The maximum Gasteiger partial charge on any atom is 0.261 e. The molecule has 0 fully saturated rings. The summed E-state index contributed by atoms with van der Waals surface area (Å²) in [5.74, 6) is -1.22. The van der Waals surface area contributed by atoms with Crippen LogP contribution >= 0.6 is 0 Å². The average Bonchev–Trinajstić information content (AvgIpc) is 2.73. The third-order valence-electron chi connectivity index (χ3n) is 3.56. The highest BCUT2D eigenvalue weighted by Gasteiger charge is 2.36. The fraction of sp³-hybridized carbons (Fsp3) is 0.125. The second kappa shape index (κ2) is 5.10. The molecule has 0 radical (unpaired) electrons. The lowest BCUT2D eigenvalue weighted by atomic mass is 10.1. The molecule has 2 aromatic rings. The Hall–Kier alpha value is -2.53. The van der Waals surface area contributed by atoms with Crippen molar-refractivity contribution < 1.29 is 14.0 Å². The van der Waals surface area contributed by atoms with Crippen molar-refractivity contribution in [2.24, 2.45) is 5.73 Å². The molecule has 1 atom stereocenters. The molecule has 0 spiro atoms. The first-order chi connectivity index (χ1) is 10.1. The first kappa shape index (κ1) is 13.5. The monoisotopic (exact) mass is 284 g/mol. The predicted octanol–water partition coefficient (Wildman–Crippen LogP) is 2.12. The van der Waals surface area contributed by atoms with E-state index < -0.39 is 11.9 Å². The van der Waals surface area contributed by atoms with Crippen LogP contribution in [0, 0.1) is 5.82 Å². The standard InChI is InChI=1S/C16H13FN2O2/c17-13-8-4-3-7-12(13)14(18)9-19-15(20)10-5-1-2-6-11(10)16(19)21/h1-8,14H,9,18H2. The lowest BCUT2D eigenvalue weighted by Gasteiger charge is -2.19. The van der Waals surface area contributed by atoms with Gasteiger partial charge in [0.25, 0.3) is 11.8 Å². The molecule has 2 N–H and O–H groups in total. The van der Waals surface area contributed by atoms with Gasteiger partial charge in [-0.2, -0.15) is 0 Å². The summed E-state index contributed by atoms with van der Waals surface area (Å²) in [6.07, 6.45) is 0. The van der Waals surface area contributed by atoms with Crippen LogP contribution in [0.15, 0.2) is 48.5 Å². The van der Waals surface area contributed by atoms with E-state index in [2.05, 4.69) is 0 Å². The van der Waals surface area contributed by atoms with Gasteiger partial charge in [0.15, 0.2) is 0 Å². The van der Waals surface area contributed by atoms with E-state index in [1.165, 1.54) is 6.07 Å². The average molecular weight is 284 g/mol. The van der Waals surface area contributed by atoms with Crippen LogP contribution in [-0.2, 0) is 0 Å². The zero-order chi connectivity index (χ0) is 15.0. The summed E-state index contributed by atoms with van der Waals surface area (Å²) in [6, 6.07) is 11.9. The highest BCUT2D eigenvalue weighted by Crippen LogP contribution is 2.25. The Bertz CT molecular complexity index is 695. The molecule has 3 rings (SSSR count). The molecule has 21 heavy (non-hydrogen) atoms. The molecule has 1 aliphatic heterocycles. The van der Waals surface area contributed by atoms with Gasteiger partial charge in [0.2, 0.25) is 0 Å². The van der Waals surface area contributed by atoms with Crippen molar-refractivity contribution in [1.82, 2.24) is 4.90 Å². The number of rotatable bonds is 3. The van der Waals surface area contributed by atoms with Gasteiger partial charge in [-0.3, -0.25) is 14.5 Å². The van der Waals surface area contributed by atoms with E-state index in [9.17, 15) is 14.0 Å².